The van der Waals surface area contributed by atoms with Crippen molar-refractivity contribution in [1.29, 1.82) is 0 Å². The lowest BCUT2D eigenvalue weighted by molar-refractivity contribution is -0.163. The molecule has 4 nitrogen and oxygen atoms in total. The summed E-state index contributed by atoms with van der Waals surface area (Å²) < 4.78 is 0. The molecular formula is C16H26N2O2S. The molecule has 3 rings (SSSR count). The Labute approximate surface area is 131 Å². The highest BCUT2D eigenvalue weighted by atomic mass is 32.2. The minimum absolute atomic E-state index is 0.107. The Kier molecular flexibility index (Phi) is 3.97. The predicted molar refractivity (Wildman–Crippen MR) is 85.2 cm³/mol. The van der Waals surface area contributed by atoms with Crippen LogP contribution in [0.4, 0.5) is 0 Å². The summed E-state index contributed by atoms with van der Waals surface area (Å²) in [6.45, 7) is 4.79. The second-order valence-corrected chi connectivity index (χ2v) is 8.22. The van der Waals surface area contributed by atoms with Gasteiger partial charge in [0.1, 0.15) is 11.1 Å². The summed E-state index contributed by atoms with van der Waals surface area (Å²) in [6, 6.07) is 0. The van der Waals surface area contributed by atoms with E-state index < -0.39 is 11.1 Å². The number of amides is 2. The lowest BCUT2D eigenvalue weighted by Crippen LogP contribution is -2.75. The largest absolute Gasteiger partial charge is 0.340 e. The highest BCUT2D eigenvalue weighted by Gasteiger charge is 2.61. The molecule has 2 saturated carbocycles. The van der Waals surface area contributed by atoms with Gasteiger partial charge in [-0.3, -0.25) is 9.59 Å². The lowest BCUT2D eigenvalue weighted by Gasteiger charge is -2.50. The van der Waals surface area contributed by atoms with Crippen molar-refractivity contribution in [2.75, 3.05) is 18.1 Å². The van der Waals surface area contributed by atoms with Gasteiger partial charge in [-0.2, -0.15) is 11.8 Å². The van der Waals surface area contributed by atoms with E-state index in [1.165, 1.54) is 0 Å². The van der Waals surface area contributed by atoms with Gasteiger partial charge in [-0.25, -0.2) is 0 Å². The van der Waals surface area contributed by atoms with Crippen LogP contribution in [0.25, 0.3) is 0 Å². The molecule has 1 unspecified atom stereocenters. The molecule has 3 fully saturated rings. The van der Waals surface area contributed by atoms with E-state index in [0.717, 1.165) is 50.0 Å². The zero-order chi connectivity index (χ0) is 15.1. The summed E-state index contributed by atoms with van der Waals surface area (Å²) in [7, 11) is 0. The summed E-state index contributed by atoms with van der Waals surface area (Å²) in [5.41, 5.74) is -1.19. The van der Waals surface area contributed by atoms with Gasteiger partial charge >= 0.3 is 0 Å². The molecule has 2 amide bonds. The Morgan fingerprint density at radius 3 is 2.52 bits per heavy atom. The van der Waals surface area contributed by atoms with E-state index in [2.05, 4.69) is 12.2 Å². The summed E-state index contributed by atoms with van der Waals surface area (Å²) in [6.07, 6.45) is 5.90. The van der Waals surface area contributed by atoms with E-state index in [-0.39, 0.29) is 11.8 Å². The van der Waals surface area contributed by atoms with Crippen molar-refractivity contribution in [3.05, 3.63) is 0 Å². The van der Waals surface area contributed by atoms with Crippen LogP contribution in [0.2, 0.25) is 0 Å². The zero-order valence-electron chi connectivity index (χ0n) is 13.1. The number of nitrogens with zero attached hydrogens (tertiary/aromatic N) is 1. The molecule has 2 aliphatic carbocycles. The third-order valence-corrected chi connectivity index (χ3v) is 6.37. The molecule has 5 heteroatoms. The van der Waals surface area contributed by atoms with Crippen LogP contribution in [0.3, 0.4) is 0 Å². The van der Waals surface area contributed by atoms with Gasteiger partial charge in [0.25, 0.3) is 0 Å². The molecular weight excluding hydrogens is 284 g/mol. The fraction of sp³-hybridized carbons (Fsp3) is 0.875. The van der Waals surface area contributed by atoms with Crippen LogP contribution in [0.1, 0.15) is 52.4 Å². The molecule has 1 saturated heterocycles. The van der Waals surface area contributed by atoms with E-state index in [4.69, 9.17) is 0 Å². The molecule has 1 heterocycles. The number of hydrogen-bond acceptors (Lipinski definition) is 3. The minimum Gasteiger partial charge on any atom is -0.340 e. The van der Waals surface area contributed by atoms with Gasteiger partial charge in [-0.05, 0) is 44.3 Å². The zero-order valence-corrected chi connectivity index (χ0v) is 13.9. The Bertz CT molecular complexity index is 444. The quantitative estimate of drug-likeness (QED) is 0.792. The van der Waals surface area contributed by atoms with Crippen molar-refractivity contribution in [3.8, 4) is 0 Å². The number of thioether (sulfide) groups is 1. The van der Waals surface area contributed by atoms with Crippen LogP contribution < -0.4 is 5.32 Å². The number of hydrogen-bond donors (Lipinski definition) is 1. The van der Waals surface area contributed by atoms with Crippen LogP contribution in [0.5, 0.6) is 0 Å². The van der Waals surface area contributed by atoms with Crippen molar-refractivity contribution in [1.82, 2.24) is 10.2 Å². The first kappa shape index (κ1) is 15.2. The first-order valence-electron chi connectivity index (χ1n) is 8.27. The van der Waals surface area contributed by atoms with Gasteiger partial charge in [-0.15, -0.1) is 0 Å². The topological polar surface area (TPSA) is 49.4 Å². The highest BCUT2D eigenvalue weighted by Crippen LogP contribution is 2.47. The van der Waals surface area contributed by atoms with Crippen LogP contribution in [-0.4, -0.2) is 45.8 Å². The number of piperazine rings is 1. The van der Waals surface area contributed by atoms with Gasteiger partial charge < -0.3 is 10.2 Å². The molecule has 1 N–H and O–H groups in total. The Morgan fingerprint density at radius 1 is 1.29 bits per heavy atom. The van der Waals surface area contributed by atoms with Gasteiger partial charge in [0, 0.05) is 12.3 Å². The Hall–Kier alpha value is -0.710. The molecule has 1 atom stereocenters. The first-order valence-corrected chi connectivity index (χ1v) is 9.42. The molecule has 1 spiro atoms. The van der Waals surface area contributed by atoms with E-state index >= 15 is 0 Å². The van der Waals surface area contributed by atoms with E-state index in [1.54, 1.807) is 0 Å². The monoisotopic (exact) mass is 310 g/mol. The second-order valence-electron chi connectivity index (χ2n) is 6.82. The summed E-state index contributed by atoms with van der Waals surface area (Å²) in [4.78, 5) is 27.9. The van der Waals surface area contributed by atoms with Gasteiger partial charge in [-0.1, -0.05) is 19.8 Å². The molecule has 1 aliphatic heterocycles. The predicted octanol–water partition coefficient (Wildman–Crippen LogP) is 2.18. The molecule has 0 aromatic heterocycles. The molecule has 118 valence electrons. The SMILES string of the molecule is CCSCCN1C(=O)C(C)(C2CC2)NC(=O)C12CCCC2. The van der Waals surface area contributed by atoms with Crippen molar-refractivity contribution < 1.29 is 9.59 Å². The van der Waals surface area contributed by atoms with Gasteiger partial charge in [0.2, 0.25) is 11.8 Å². The van der Waals surface area contributed by atoms with E-state index in [0.29, 0.717) is 12.5 Å². The maximum absolute atomic E-state index is 13.1. The summed E-state index contributed by atoms with van der Waals surface area (Å²) in [5.74, 6) is 2.60. The maximum atomic E-state index is 13.1. The van der Waals surface area contributed by atoms with Crippen molar-refractivity contribution in [3.63, 3.8) is 0 Å². The number of carbonyl (C=O) groups excluding carboxylic acids is 2. The fourth-order valence-electron chi connectivity index (χ4n) is 4.01. The van der Waals surface area contributed by atoms with E-state index in [1.807, 2.05) is 23.6 Å². The molecule has 0 aromatic rings. The van der Waals surface area contributed by atoms with Crippen LogP contribution in [-0.2, 0) is 9.59 Å². The third-order valence-electron chi connectivity index (χ3n) is 5.49. The Morgan fingerprint density at radius 2 is 1.95 bits per heavy atom. The molecule has 0 radical (unpaired) electrons. The summed E-state index contributed by atoms with van der Waals surface area (Å²) >= 11 is 1.85. The van der Waals surface area contributed by atoms with Crippen LogP contribution in [0.15, 0.2) is 0 Å². The highest BCUT2D eigenvalue weighted by molar-refractivity contribution is 7.99. The second kappa shape index (κ2) is 5.49. The fourth-order valence-corrected chi connectivity index (χ4v) is 4.61. The average molecular weight is 310 g/mol. The average Bonchev–Trinajstić information content (AvgIpc) is 3.21. The molecule has 0 bridgehead atoms. The number of nitrogens with one attached hydrogen (secondary N) is 1. The standard InChI is InChI=1S/C16H26N2O2S/c1-3-21-11-10-18-14(20)15(2,12-6-7-12)17-13(19)16(18)8-4-5-9-16/h12H,3-11H2,1-2H3,(H,17,19). The van der Waals surface area contributed by atoms with Gasteiger partial charge in [0.15, 0.2) is 0 Å². The van der Waals surface area contributed by atoms with Gasteiger partial charge in [0.05, 0.1) is 0 Å². The molecule has 21 heavy (non-hydrogen) atoms. The smallest absolute Gasteiger partial charge is 0.249 e. The van der Waals surface area contributed by atoms with Crippen LogP contribution in [0, 0.1) is 5.92 Å². The molecule has 0 aromatic carbocycles. The third kappa shape index (κ3) is 2.37. The van der Waals surface area contributed by atoms with Crippen molar-refractivity contribution in [2.45, 2.75) is 63.5 Å². The van der Waals surface area contributed by atoms with E-state index in [9.17, 15) is 9.59 Å². The lowest BCUT2D eigenvalue weighted by atomic mass is 9.82. The number of carbonyl (C=O) groups is 2. The first-order chi connectivity index (χ1) is 10.0. The maximum Gasteiger partial charge on any atom is 0.249 e. The van der Waals surface area contributed by atoms with Crippen LogP contribution >= 0.6 is 11.8 Å². The van der Waals surface area contributed by atoms with Crippen molar-refractivity contribution >= 4 is 23.6 Å². The molecule has 3 aliphatic rings. The van der Waals surface area contributed by atoms with Crippen molar-refractivity contribution in [2.24, 2.45) is 5.92 Å². The minimum atomic E-state index is -0.651. The number of rotatable bonds is 5. The Balaban J connectivity index is 1.87. The summed E-state index contributed by atoms with van der Waals surface area (Å²) in [5, 5.41) is 3.12. The normalized spacial score (nSPS) is 31.8.